The third-order valence-corrected chi connectivity index (χ3v) is 4.32. The van der Waals surface area contributed by atoms with Gasteiger partial charge in [-0.25, -0.2) is 0 Å². The summed E-state index contributed by atoms with van der Waals surface area (Å²) in [5.41, 5.74) is 0. The molecule has 0 aliphatic heterocycles. The zero-order valence-corrected chi connectivity index (χ0v) is 10.00. The maximum absolute atomic E-state index is 5.94. The number of nitrogens with one attached hydrogen (secondary N) is 1. The van der Waals surface area contributed by atoms with Gasteiger partial charge in [0.25, 0.3) is 0 Å². The molecule has 14 heavy (non-hydrogen) atoms. The highest BCUT2D eigenvalue weighted by molar-refractivity contribution is 7.16. The molecule has 2 atom stereocenters. The van der Waals surface area contributed by atoms with E-state index in [1.54, 1.807) is 11.3 Å². The van der Waals surface area contributed by atoms with Crippen LogP contribution in [0, 0.1) is 0 Å². The third-order valence-electron chi connectivity index (χ3n) is 2.92. The molecule has 1 nitrogen and oxygen atoms in total. The molecule has 1 aliphatic carbocycles. The lowest BCUT2D eigenvalue weighted by Crippen LogP contribution is -2.25. The minimum atomic E-state index is 0.728. The van der Waals surface area contributed by atoms with Crippen molar-refractivity contribution < 1.29 is 0 Å². The van der Waals surface area contributed by atoms with Gasteiger partial charge in [-0.3, -0.25) is 0 Å². The van der Waals surface area contributed by atoms with E-state index in [4.69, 9.17) is 11.6 Å². The summed E-state index contributed by atoms with van der Waals surface area (Å²) in [4.78, 5) is 1.47. The first-order valence-corrected chi connectivity index (χ1v) is 6.47. The van der Waals surface area contributed by atoms with Gasteiger partial charge in [0.05, 0.1) is 4.34 Å². The quantitative estimate of drug-likeness (QED) is 0.835. The molecule has 2 unspecified atom stereocenters. The first kappa shape index (κ1) is 10.5. The molecule has 0 aromatic carbocycles. The second-order valence-electron chi connectivity index (χ2n) is 3.91. The van der Waals surface area contributed by atoms with E-state index in [0.717, 1.165) is 22.8 Å². The molecule has 1 saturated carbocycles. The van der Waals surface area contributed by atoms with Crippen LogP contribution in [0.25, 0.3) is 0 Å². The van der Waals surface area contributed by atoms with Gasteiger partial charge in [0.15, 0.2) is 0 Å². The molecule has 2 rings (SSSR count). The van der Waals surface area contributed by atoms with Crippen LogP contribution in [0.4, 0.5) is 0 Å². The number of hydrogen-bond acceptors (Lipinski definition) is 2. The maximum atomic E-state index is 5.94. The van der Waals surface area contributed by atoms with Gasteiger partial charge in [-0.1, -0.05) is 18.5 Å². The molecule has 1 fully saturated rings. The van der Waals surface area contributed by atoms with E-state index < -0.39 is 0 Å². The zero-order valence-electron chi connectivity index (χ0n) is 8.42. The van der Waals surface area contributed by atoms with Crippen LogP contribution in [0.1, 0.15) is 37.0 Å². The van der Waals surface area contributed by atoms with E-state index >= 15 is 0 Å². The molecule has 78 valence electrons. The first-order valence-electron chi connectivity index (χ1n) is 5.28. The highest BCUT2D eigenvalue weighted by atomic mass is 35.5. The average molecular weight is 230 g/mol. The van der Waals surface area contributed by atoms with Crippen LogP contribution < -0.4 is 5.32 Å². The van der Waals surface area contributed by atoms with Gasteiger partial charge in [0, 0.05) is 10.9 Å². The highest BCUT2D eigenvalue weighted by Gasteiger charge is 2.25. The summed E-state index contributed by atoms with van der Waals surface area (Å²) in [7, 11) is 0. The molecule has 1 aromatic rings. The van der Waals surface area contributed by atoms with E-state index in [1.807, 2.05) is 6.07 Å². The normalized spacial score (nSPS) is 27.0. The minimum Gasteiger partial charge on any atom is -0.314 e. The Balaban J connectivity index is 1.95. The van der Waals surface area contributed by atoms with Gasteiger partial charge < -0.3 is 5.32 Å². The Kier molecular flexibility index (Phi) is 3.47. The van der Waals surface area contributed by atoms with Crippen LogP contribution in [0.5, 0.6) is 0 Å². The summed E-state index contributed by atoms with van der Waals surface area (Å²) in [5, 5.41) is 3.52. The van der Waals surface area contributed by atoms with Gasteiger partial charge in [0.2, 0.25) is 0 Å². The standard InChI is InChI=1S/C11H16ClNS/c1-2-13-9-4-3-8(7-9)10-5-6-11(12)14-10/h5-6,8-9,13H,2-4,7H2,1H3. The van der Waals surface area contributed by atoms with Gasteiger partial charge in [-0.15, -0.1) is 11.3 Å². The largest absolute Gasteiger partial charge is 0.314 e. The molecule has 1 aromatic heterocycles. The van der Waals surface area contributed by atoms with Crippen molar-refractivity contribution in [3.63, 3.8) is 0 Å². The second-order valence-corrected chi connectivity index (χ2v) is 5.65. The molecular weight excluding hydrogens is 214 g/mol. The van der Waals surface area contributed by atoms with E-state index in [9.17, 15) is 0 Å². The monoisotopic (exact) mass is 229 g/mol. The summed E-state index contributed by atoms with van der Waals surface area (Å²) in [6, 6.07) is 4.93. The maximum Gasteiger partial charge on any atom is 0.0931 e. The van der Waals surface area contributed by atoms with Crippen LogP contribution in [0.15, 0.2) is 12.1 Å². The smallest absolute Gasteiger partial charge is 0.0931 e. The lowest BCUT2D eigenvalue weighted by atomic mass is 10.1. The van der Waals surface area contributed by atoms with Crippen molar-refractivity contribution in [1.82, 2.24) is 5.32 Å². The van der Waals surface area contributed by atoms with Crippen LogP contribution in [0.3, 0.4) is 0 Å². The van der Waals surface area contributed by atoms with E-state index in [2.05, 4.69) is 18.3 Å². The number of rotatable bonds is 3. The van der Waals surface area contributed by atoms with Gasteiger partial charge in [-0.2, -0.15) is 0 Å². The minimum absolute atomic E-state index is 0.728. The lowest BCUT2D eigenvalue weighted by Gasteiger charge is -2.10. The van der Waals surface area contributed by atoms with E-state index in [1.165, 1.54) is 24.1 Å². The summed E-state index contributed by atoms with van der Waals surface area (Å²) in [6.07, 6.45) is 3.91. The Bertz CT molecular complexity index is 297. The average Bonchev–Trinajstić information content (AvgIpc) is 2.74. The molecule has 1 N–H and O–H groups in total. The first-order chi connectivity index (χ1) is 6.79. The summed E-state index contributed by atoms with van der Waals surface area (Å²) in [6.45, 7) is 3.26. The Morgan fingerprint density at radius 2 is 2.36 bits per heavy atom. The fraction of sp³-hybridized carbons (Fsp3) is 0.636. The topological polar surface area (TPSA) is 12.0 Å². The third kappa shape index (κ3) is 2.30. The van der Waals surface area contributed by atoms with Gasteiger partial charge in [-0.05, 0) is 43.9 Å². The van der Waals surface area contributed by atoms with Gasteiger partial charge in [0.1, 0.15) is 0 Å². The van der Waals surface area contributed by atoms with Crippen molar-refractivity contribution in [1.29, 1.82) is 0 Å². The molecule has 1 aliphatic rings. The molecule has 3 heteroatoms. The summed E-state index contributed by atoms with van der Waals surface area (Å²) in [5.74, 6) is 0.747. The lowest BCUT2D eigenvalue weighted by molar-refractivity contribution is 0.536. The second kappa shape index (κ2) is 4.65. The number of thiophene rings is 1. The molecule has 1 heterocycles. The highest BCUT2D eigenvalue weighted by Crippen LogP contribution is 2.38. The van der Waals surface area contributed by atoms with Crippen molar-refractivity contribution in [3.05, 3.63) is 21.3 Å². The summed E-state index contributed by atoms with van der Waals surface area (Å²) < 4.78 is 0.923. The molecule has 0 amide bonds. The van der Waals surface area contributed by atoms with E-state index in [-0.39, 0.29) is 0 Å². The zero-order chi connectivity index (χ0) is 9.97. The van der Waals surface area contributed by atoms with E-state index in [0.29, 0.717) is 0 Å². The molecular formula is C11H16ClNS. The van der Waals surface area contributed by atoms with Crippen molar-refractivity contribution in [2.75, 3.05) is 6.54 Å². The Morgan fingerprint density at radius 3 is 3.00 bits per heavy atom. The molecule has 0 bridgehead atoms. The fourth-order valence-electron chi connectivity index (χ4n) is 2.26. The van der Waals surface area contributed by atoms with Crippen molar-refractivity contribution in [2.45, 2.75) is 38.1 Å². The molecule has 0 spiro atoms. The Morgan fingerprint density at radius 1 is 1.50 bits per heavy atom. The molecule has 0 radical (unpaired) electrons. The van der Waals surface area contributed by atoms with Crippen molar-refractivity contribution >= 4 is 22.9 Å². The Hall–Kier alpha value is -0.0500. The van der Waals surface area contributed by atoms with Crippen molar-refractivity contribution in [2.24, 2.45) is 0 Å². The fourth-order valence-corrected chi connectivity index (χ4v) is 3.47. The van der Waals surface area contributed by atoms with Crippen LogP contribution in [-0.2, 0) is 0 Å². The predicted molar refractivity (Wildman–Crippen MR) is 63.4 cm³/mol. The Labute approximate surface area is 94.5 Å². The van der Waals surface area contributed by atoms with Crippen molar-refractivity contribution in [3.8, 4) is 0 Å². The number of hydrogen-bond donors (Lipinski definition) is 1. The summed E-state index contributed by atoms with van der Waals surface area (Å²) >= 11 is 7.68. The number of halogens is 1. The van der Waals surface area contributed by atoms with Gasteiger partial charge >= 0.3 is 0 Å². The van der Waals surface area contributed by atoms with Crippen LogP contribution in [0.2, 0.25) is 4.34 Å². The van der Waals surface area contributed by atoms with Crippen LogP contribution >= 0.6 is 22.9 Å². The predicted octanol–water partition coefficient (Wildman–Crippen LogP) is 3.65. The SMILES string of the molecule is CCNC1CCC(c2ccc(Cl)s2)C1. The molecule has 0 saturated heterocycles. The van der Waals surface area contributed by atoms with Crippen LogP contribution in [-0.4, -0.2) is 12.6 Å².